The zero-order chi connectivity index (χ0) is 17.4. The van der Waals surface area contributed by atoms with Gasteiger partial charge in [-0.3, -0.25) is 9.89 Å². The molecule has 0 radical (unpaired) electrons. The molecule has 0 bridgehead atoms. The molecule has 1 aromatic heterocycles. The number of likely N-dealkylation sites (N-methyl/N-ethyl adjacent to an activating group) is 1. The Hall–Kier alpha value is -1.53. The molecule has 1 aliphatic heterocycles. The van der Waals surface area contributed by atoms with Gasteiger partial charge >= 0.3 is 0 Å². The first kappa shape index (κ1) is 18.8. The molecule has 2 unspecified atom stereocenters. The van der Waals surface area contributed by atoms with Crippen molar-refractivity contribution in [2.75, 3.05) is 53.5 Å². The number of aliphatic imine (C=N–C) groups is 1. The van der Waals surface area contributed by atoms with Crippen molar-refractivity contribution in [3.8, 4) is 0 Å². The number of hydrogen-bond acceptors (Lipinski definition) is 4. The second kappa shape index (κ2) is 9.69. The number of nitrogens with one attached hydrogen (secondary N) is 1. The summed E-state index contributed by atoms with van der Waals surface area (Å²) in [6, 6.07) is 4.22. The Morgan fingerprint density at radius 2 is 2.29 bits per heavy atom. The summed E-state index contributed by atoms with van der Waals surface area (Å²) >= 11 is 0. The minimum Gasteiger partial charge on any atom is -0.468 e. The van der Waals surface area contributed by atoms with Gasteiger partial charge in [0.25, 0.3) is 0 Å². The summed E-state index contributed by atoms with van der Waals surface area (Å²) in [5, 5.41) is 3.54. The van der Waals surface area contributed by atoms with Gasteiger partial charge in [0, 0.05) is 39.7 Å². The number of guanidine groups is 1. The predicted octanol–water partition coefficient (Wildman–Crippen LogP) is 2.21. The zero-order valence-electron chi connectivity index (χ0n) is 15.5. The van der Waals surface area contributed by atoms with E-state index in [0.717, 1.165) is 57.5 Å². The molecular weight excluding hydrogens is 304 g/mol. The van der Waals surface area contributed by atoms with Crippen LogP contribution >= 0.6 is 0 Å². The van der Waals surface area contributed by atoms with Crippen LogP contribution in [-0.4, -0.2) is 69.2 Å². The van der Waals surface area contributed by atoms with E-state index in [0.29, 0.717) is 5.92 Å². The van der Waals surface area contributed by atoms with Crippen LogP contribution in [0.5, 0.6) is 0 Å². The van der Waals surface area contributed by atoms with Crippen LogP contribution in [0.2, 0.25) is 0 Å². The smallest absolute Gasteiger partial charge is 0.193 e. The lowest BCUT2D eigenvalue weighted by Crippen LogP contribution is -2.44. The third kappa shape index (κ3) is 4.74. The van der Waals surface area contributed by atoms with Gasteiger partial charge in [0.15, 0.2) is 5.96 Å². The minimum absolute atomic E-state index is 0.212. The fourth-order valence-corrected chi connectivity index (χ4v) is 3.47. The van der Waals surface area contributed by atoms with E-state index < -0.39 is 0 Å². The van der Waals surface area contributed by atoms with Crippen molar-refractivity contribution in [1.29, 1.82) is 0 Å². The molecule has 136 valence electrons. The molecule has 0 aromatic carbocycles. The van der Waals surface area contributed by atoms with Crippen LogP contribution in [0, 0.1) is 5.92 Å². The number of nitrogens with zero attached hydrogens (tertiary/aromatic N) is 3. The molecule has 2 heterocycles. The second-order valence-electron chi connectivity index (χ2n) is 6.24. The van der Waals surface area contributed by atoms with Crippen LogP contribution in [0.3, 0.4) is 0 Å². The van der Waals surface area contributed by atoms with Gasteiger partial charge in [-0.2, -0.15) is 0 Å². The molecule has 1 aliphatic rings. The predicted molar refractivity (Wildman–Crippen MR) is 97.3 cm³/mol. The number of rotatable bonds is 8. The Labute approximate surface area is 145 Å². The maximum absolute atomic E-state index is 5.67. The van der Waals surface area contributed by atoms with Gasteiger partial charge in [-0.15, -0.1) is 0 Å². The number of furan rings is 1. The molecule has 0 amide bonds. The van der Waals surface area contributed by atoms with Crippen molar-refractivity contribution in [2.24, 2.45) is 10.9 Å². The molecule has 1 N–H and O–H groups in total. The number of likely N-dealkylation sites (tertiary alicyclic amines) is 1. The molecule has 24 heavy (non-hydrogen) atoms. The summed E-state index contributed by atoms with van der Waals surface area (Å²) < 4.78 is 11.0. The number of methoxy groups -OCH3 is 1. The quantitative estimate of drug-likeness (QED) is 0.583. The molecule has 1 saturated heterocycles. The Bertz CT molecular complexity index is 485. The van der Waals surface area contributed by atoms with Crippen LogP contribution in [0.25, 0.3) is 0 Å². The SMILES string of the molecule is CCN(CC)C(CNC(=NC)N1CCC(COC)C1)c1ccco1. The summed E-state index contributed by atoms with van der Waals surface area (Å²) in [6.45, 7) is 9.99. The molecule has 6 heteroatoms. The first-order valence-corrected chi connectivity index (χ1v) is 8.95. The van der Waals surface area contributed by atoms with Crippen molar-refractivity contribution >= 4 is 5.96 Å². The molecule has 6 nitrogen and oxygen atoms in total. The van der Waals surface area contributed by atoms with Gasteiger partial charge in [-0.1, -0.05) is 13.8 Å². The molecule has 1 aromatic rings. The summed E-state index contributed by atoms with van der Waals surface area (Å²) in [7, 11) is 3.62. The van der Waals surface area contributed by atoms with Crippen molar-refractivity contribution < 1.29 is 9.15 Å². The summed E-state index contributed by atoms with van der Waals surface area (Å²) in [5.74, 6) is 2.56. The van der Waals surface area contributed by atoms with Gasteiger partial charge < -0.3 is 19.4 Å². The van der Waals surface area contributed by atoms with E-state index in [1.165, 1.54) is 0 Å². The van der Waals surface area contributed by atoms with E-state index in [1.54, 1.807) is 13.4 Å². The van der Waals surface area contributed by atoms with E-state index in [2.05, 4.69) is 40.0 Å². The fraction of sp³-hybridized carbons (Fsp3) is 0.722. The molecule has 0 aliphatic carbocycles. The van der Waals surface area contributed by atoms with Gasteiger partial charge in [0.1, 0.15) is 5.76 Å². The van der Waals surface area contributed by atoms with Gasteiger partial charge in [0.05, 0.1) is 18.9 Å². The summed E-state index contributed by atoms with van der Waals surface area (Å²) in [5.41, 5.74) is 0. The summed E-state index contributed by atoms with van der Waals surface area (Å²) in [6.07, 6.45) is 2.91. The highest BCUT2D eigenvalue weighted by Crippen LogP contribution is 2.21. The van der Waals surface area contributed by atoms with E-state index in [1.807, 2.05) is 13.1 Å². The first-order valence-electron chi connectivity index (χ1n) is 8.95. The average Bonchev–Trinajstić information content (AvgIpc) is 3.27. The van der Waals surface area contributed by atoms with E-state index >= 15 is 0 Å². The van der Waals surface area contributed by atoms with Crippen molar-refractivity contribution in [3.63, 3.8) is 0 Å². The Morgan fingerprint density at radius 1 is 1.50 bits per heavy atom. The number of ether oxygens (including phenoxy) is 1. The molecule has 2 rings (SSSR count). The highest BCUT2D eigenvalue weighted by atomic mass is 16.5. The highest BCUT2D eigenvalue weighted by molar-refractivity contribution is 5.80. The van der Waals surface area contributed by atoms with Crippen LogP contribution in [-0.2, 0) is 4.74 Å². The van der Waals surface area contributed by atoms with Crippen LogP contribution in [0.4, 0.5) is 0 Å². The molecule has 0 spiro atoms. The maximum Gasteiger partial charge on any atom is 0.193 e. The second-order valence-corrected chi connectivity index (χ2v) is 6.24. The van der Waals surface area contributed by atoms with E-state index in [4.69, 9.17) is 9.15 Å². The van der Waals surface area contributed by atoms with Crippen LogP contribution in [0.15, 0.2) is 27.8 Å². The van der Waals surface area contributed by atoms with Gasteiger partial charge in [0.2, 0.25) is 0 Å². The molecule has 0 saturated carbocycles. The minimum atomic E-state index is 0.212. The zero-order valence-corrected chi connectivity index (χ0v) is 15.5. The Balaban J connectivity index is 1.97. The lowest BCUT2D eigenvalue weighted by molar-refractivity contribution is 0.157. The third-order valence-electron chi connectivity index (χ3n) is 4.78. The highest BCUT2D eigenvalue weighted by Gasteiger charge is 2.26. The molecule has 2 atom stereocenters. The topological polar surface area (TPSA) is 53.2 Å². The standard InChI is InChI=1S/C18H32N4O2/c1-5-21(6-2)16(17-8-7-11-24-17)12-20-18(19-3)22-10-9-15(13-22)14-23-4/h7-8,11,15-16H,5-6,9-10,12-14H2,1-4H3,(H,19,20). The number of hydrogen-bond donors (Lipinski definition) is 1. The third-order valence-corrected chi connectivity index (χ3v) is 4.78. The monoisotopic (exact) mass is 336 g/mol. The van der Waals surface area contributed by atoms with E-state index in [9.17, 15) is 0 Å². The van der Waals surface area contributed by atoms with Crippen LogP contribution < -0.4 is 5.32 Å². The molecular formula is C18H32N4O2. The van der Waals surface area contributed by atoms with E-state index in [-0.39, 0.29) is 6.04 Å². The Kier molecular flexibility index (Phi) is 7.59. The maximum atomic E-state index is 5.67. The first-order chi connectivity index (χ1) is 11.7. The van der Waals surface area contributed by atoms with Crippen molar-refractivity contribution in [1.82, 2.24) is 15.1 Å². The fourth-order valence-electron chi connectivity index (χ4n) is 3.47. The lowest BCUT2D eigenvalue weighted by Gasteiger charge is -2.30. The molecule has 1 fully saturated rings. The van der Waals surface area contributed by atoms with Crippen molar-refractivity contribution in [3.05, 3.63) is 24.2 Å². The lowest BCUT2D eigenvalue weighted by atomic mass is 10.1. The van der Waals surface area contributed by atoms with Gasteiger partial charge in [-0.05, 0) is 31.6 Å². The normalized spacial score (nSPS) is 20.0. The summed E-state index contributed by atoms with van der Waals surface area (Å²) in [4.78, 5) is 9.19. The average molecular weight is 336 g/mol. The van der Waals surface area contributed by atoms with Gasteiger partial charge in [-0.25, -0.2) is 0 Å². The Morgan fingerprint density at radius 3 is 2.88 bits per heavy atom. The largest absolute Gasteiger partial charge is 0.468 e. The van der Waals surface area contributed by atoms with Crippen LogP contribution in [0.1, 0.15) is 32.1 Å². The van der Waals surface area contributed by atoms with Crippen molar-refractivity contribution in [2.45, 2.75) is 26.3 Å².